The van der Waals surface area contributed by atoms with Crippen molar-refractivity contribution >= 4 is 22.5 Å². The average molecular weight is 320 g/mol. The molecule has 3 aromatic rings. The van der Waals surface area contributed by atoms with Gasteiger partial charge in [0, 0.05) is 11.6 Å². The first-order valence-corrected chi connectivity index (χ1v) is 7.76. The van der Waals surface area contributed by atoms with Gasteiger partial charge >= 0.3 is 0 Å². The topological polar surface area (TPSA) is 60.5 Å². The van der Waals surface area contributed by atoms with Crippen LogP contribution in [0.1, 0.15) is 5.56 Å². The van der Waals surface area contributed by atoms with Gasteiger partial charge in [-0.05, 0) is 42.8 Å². The summed E-state index contributed by atoms with van der Waals surface area (Å²) in [5, 5.41) is 3.83. The molecule has 24 heavy (non-hydrogen) atoms. The van der Waals surface area contributed by atoms with Gasteiger partial charge in [0.15, 0.2) is 11.5 Å². The van der Waals surface area contributed by atoms with Gasteiger partial charge < -0.3 is 14.8 Å². The molecule has 0 aliphatic carbocycles. The number of carbonyl (C=O) groups excluding carboxylic acids is 1. The van der Waals surface area contributed by atoms with Crippen LogP contribution < -0.4 is 14.8 Å². The third-order valence-corrected chi connectivity index (χ3v) is 4.03. The average Bonchev–Trinajstić information content (AvgIpc) is 2.64. The van der Waals surface area contributed by atoms with Crippen molar-refractivity contribution in [2.45, 2.75) is 13.0 Å². The van der Waals surface area contributed by atoms with Crippen LogP contribution in [0.15, 0.2) is 54.7 Å². The van der Waals surface area contributed by atoms with E-state index in [0.717, 1.165) is 22.2 Å². The molecule has 5 nitrogen and oxygen atoms in total. The fourth-order valence-electron chi connectivity index (χ4n) is 2.78. The van der Waals surface area contributed by atoms with Crippen LogP contribution in [-0.4, -0.2) is 23.6 Å². The Balaban J connectivity index is 1.58. The van der Waals surface area contributed by atoms with Gasteiger partial charge in [0.1, 0.15) is 6.61 Å². The lowest BCUT2D eigenvalue weighted by Crippen LogP contribution is -2.40. The number of rotatable bonds is 2. The minimum absolute atomic E-state index is 0.185. The first kappa shape index (κ1) is 14.5. The lowest BCUT2D eigenvalue weighted by Gasteiger charge is -2.25. The molecule has 0 radical (unpaired) electrons. The zero-order chi connectivity index (χ0) is 16.5. The molecule has 2 aromatic carbocycles. The van der Waals surface area contributed by atoms with Crippen molar-refractivity contribution in [1.82, 2.24) is 4.98 Å². The van der Waals surface area contributed by atoms with Crippen LogP contribution in [0, 0.1) is 6.92 Å². The van der Waals surface area contributed by atoms with Crippen LogP contribution in [0.5, 0.6) is 11.5 Å². The third-order valence-electron chi connectivity index (χ3n) is 4.03. The molecule has 1 amide bonds. The van der Waals surface area contributed by atoms with Crippen molar-refractivity contribution in [2.75, 3.05) is 11.9 Å². The minimum Gasteiger partial charge on any atom is -0.485 e. The highest BCUT2D eigenvalue weighted by molar-refractivity contribution is 6.03. The van der Waals surface area contributed by atoms with Crippen molar-refractivity contribution < 1.29 is 14.3 Å². The fourth-order valence-corrected chi connectivity index (χ4v) is 2.78. The fraction of sp³-hybridized carbons (Fsp3) is 0.158. The normalized spacial score (nSPS) is 16.0. The number of pyridine rings is 1. The summed E-state index contributed by atoms with van der Waals surface area (Å²) in [6.45, 7) is 2.18. The molecule has 1 aromatic heterocycles. The number of carbonyl (C=O) groups is 1. The number of anilines is 1. The minimum atomic E-state index is -0.687. The third kappa shape index (κ3) is 2.54. The van der Waals surface area contributed by atoms with Crippen LogP contribution >= 0.6 is 0 Å². The van der Waals surface area contributed by atoms with E-state index in [-0.39, 0.29) is 12.5 Å². The molecule has 1 aliphatic heterocycles. The maximum atomic E-state index is 12.6. The highest BCUT2D eigenvalue weighted by Crippen LogP contribution is 2.31. The quantitative estimate of drug-likeness (QED) is 0.787. The summed E-state index contributed by atoms with van der Waals surface area (Å²) in [6.07, 6.45) is 1.06. The molecule has 0 spiro atoms. The summed E-state index contributed by atoms with van der Waals surface area (Å²) in [5.41, 5.74) is 2.66. The van der Waals surface area contributed by atoms with Gasteiger partial charge in [-0.25, -0.2) is 0 Å². The van der Waals surface area contributed by atoms with Gasteiger partial charge in [0.25, 0.3) is 5.91 Å². The lowest BCUT2D eigenvalue weighted by molar-refractivity contribution is -0.125. The second-order valence-electron chi connectivity index (χ2n) is 5.68. The number of para-hydroxylation sites is 2. The predicted octanol–water partition coefficient (Wildman–Crippen LogP) is 3.32. The van der Waals surface area contributed by atoms with Gasteiger partial charge in [0.2, 0.25) is 6.10 Å². The number of aromatic nitrogens is 1. The number of nitrogens with zero attached hydrogens (tertiary/aromatic N) is 1. The number of amides is 1. The highest BCUT2D eigenvalue weighted by Gasteiger charge is 2.27. The molecule has 0 fully saturated rings. The van der Waals surface area contributed by atoms with Crippen LogP contribution in [0.25, 0.3) is 10.9 Å². The summed E-state index contributed by atoms with van der Waals surface area (Å²) < 4.78 is 11.4. The molecule has 1 aliphatic rings. The van der Waals surface area contributed by atoms with E-state index in [1.165, 1.54) is 0 Å². The number of benzene rings is 2. The van der Waals surface area contributed by atoms with Gasteiger partial charge in [-0.15, -0.1) is 0 Å². The second-order valence-corrected chi connectivity index (χ2v) is 5.68. The Morgan fingerprint density at radius 1 is 1.12 bits per heavy atom. The Labute approximate surface area is 139 Å². The number of fused-ring (bicyclic) bond motifs is 2. The molecule has 0 unspecified atom stereocenters. The number of ether oxygens (including phenoxy) is 2. The molecular weight excluding hydrogens is 304 g/mol. The predicted molar refractivity (Wildman–Crippen MR) is 91.5 cm³/mol. The van der Waals surface area contributed by atoms with E-state index in [1.54, 1.807) is 12.3 Å². The van der Waals surface area contributed by atoms with Gasteiger partial charge in [-0.1, -0.05) is 18.2 Å². The van der Waals surface area contributed by atoms with Crippen LogP contribution in [0.3, 0.4) is 0 Å². The number of nitrogens with one attached hydrogen (secondary N) is 1. The van der Waals surface area contributed by atoms with E-state index in [4.69, 9.17) is 9.47 Å². The summed E-state index contributed by atoms with van der Waals surface area (Å²) >= 11 is 0. The van der Waals surface area contributed by atoms with E-state index in [1.807, 2.05) is 49.4 Å². The Hall–Kier alpha value is -3.08. The monoisotopic (exact) mass is 320 g/mol. The van der Waals surface area contributed by atoms with Crippen molar-refractivity contribution in [3.63, 3.8) is 0 Å². The first-order chi connectivity index (χ1) is 11.7. The molecule has 120 valence electrons. The molecule has 0 saturated carbocycles. The SMILES string of the molecule is Cc1ccc(NC(=O)[C@H]2COc3ccccc3O2)c2cccnc12. The van der Waals surface area contributed by atoms with Crippen molar-refractivity contribution in [3.8, 4) is 11.5 Å². The largest absolute Gasteiger partial charge is 0.485 e. The summed E-state index contributed by atoms with van der Waals surface area (Å²) in [4.78, 5) is 17.0. The molecule has 5 heteroatoms. The summed E-state index contributed by atoms with van der Waals surface area (Å²) in [7, 11) is 0. The molecule has 1 N–H and O–H groups in total. The van der Waals surface area contributed by atoms with Crippen molar-refractivity contribution in [1.29, 1.82) is 0 Å². The summed E-state index contributed by atoms with van der Waals surface area (Å²) in [5.74, 6) is 1.00. The lowest BCUT2D eigenvalue weighted by atomic mass is 10.1. The molecule has 2 heterocycles. The molecular formula is C19H16N2O3. The molecule has 4 rings (SSSR count). The van der Waals surface area contributed by atoms with Crippen LogP contribution in [0.4, 0.5) is 5.69 Å². The van der Waals surface area contributed by atoms with E-state index >= 15 is 0 Å². The van der Waals surface area contributed by atoms with Crippen LogP contribution in [-0.2, 0) is 4.79 Å². The van der Waals surface area contributed by atoms with Gasteiger partial charge in [-0.2, -0.15) is 0 Å². The molecule has 0 bridgehead atoms. The number of hydrogen-bond acceptors (Lipinski definition) is 4. The van der Waals surface area contributed by atoms with Crippen molar-refractivity contribution in [3.05, 3.63) is 60.3 Å². The number of hydrogen-bond donors (Lipinski definition) is 1. The second kappa shape index (κ2) is 5.85. The Bertz CT molecular complexity index is 923. The Kier molecular flexibility index (Phi) is 3.54. The molecule has 0 saturated heterocycles. The zero-order valence-corrected chi connectivity index (χ0v) is 13.2. The highest BCUT2D eigenvalue weighted by atomic mass is 16.6. The van der Waals surface area contributed by atoms with E-state index in [9.17, 15) is 4.79 Å². The smallest absolute Gasteiger partial charge is 0.269 e. The first-order valence-electron chi connectivity index (χ1n) is 7.76. The van der Waals surface area contributed by atoms with E-state index in [2.05, 4.69) is 10.3 Å². The van der Waals surface area contributed by atoms with Crippen LogP contribution in [0.2, 0.25) is 0 Å². The maximum absolute atomic E-state index is 12.6. The van der Waals surface area contributed by atoms with Crippen molar-refractivity contribution in [2.24, 2.45) is 0 Å². The maximum Gasteiger partial charge on any atom is 0.269 e. The van der Waals surface area contributed by atoms with E-state index < -0.39 is 6.10 Å². The Morgan fingerprint density at radius 3 is 2.83 bits per heavy atom. The Morgan fingerprint density at radius 2 is 1.96 bits per heavy atom. The van der Waals surface area contributed by atoms with Gasteiger partial charge in [0.05, 0.1) is 11.2 Å². The standard InChI is InChI=1S/C19H16N2O3/c1-12-8-9-14(13-5-4-10-20-18(12)13)21-19(22)17-11-23-15-6-2-3-7-16(15)24-17/h2-10,17H,11H2,1H3,(H,21,22)/t17-/m1/s1. The van der Waals surface area contributed by atoms with E-state index in [0.29, 0.717) is 11.5 Å². The number of aryl methyl sites for hydroxylation is 1. The van der Waals surface area contributed by atoms with Gasteiger partial charge in [-0.3, -0.25) is 9.78 Å². The summed E-state index contributed by atoms with van der Waals surface area (Å²) in [6, 6.07) is 15.0. The molecule has 1 atom stereocenters. The zero-order valence-electron chi connectivity index (χ0n) is 13.2.